The molecule has 0 heterocycles. The maximum Gasteiger partial charge on any atom is 0.412 e. The van der Waals surface area contributed by atoms with Crippen molar-refractivity contribution in [2.24, 2.45) is 0 Å². The standard InChI is InChI=1S/C15H15NO3/c1-11-13(9-6-10-14(11)19-2)16(15(17)18)12-7-4-3-5-8-12/h3-10,13H,1H2,2H3,(H,17,18). The molecule has 0 aromatic heterocycles. The van der Waals surface area contributed by atoms with E-state index in [0.29, 0.717) is 17.0 Å². The molecule has 1 amide bonds. The van der Waals surface area contributed by atoms with Crippen LogP contribution in [-0.2, 0) is 4.74 Å². The number of anilines is 1. The summed E-state index contributed by atoms with van der Waals surface area (Å²) in [6, 6.07) is 8.48. The molecule has 1 unspecified atom stereocenters. The second-order valence-electron chi connectivity index (χ2n) is 4.08. The lowest BCUT2D eigenvalue weighted by molar-refractivity contribution is 0.200. The fourth-order valence-electron chi connectivity index (χ4n) is 2.04. The third-order valence-electron chi connectivity index (χ3n) is 2.95. The van der Waals surface area contributed by atoms with Crippen LogP contribution < -0.4 is 4.90 Å². The van der Waals surface area contributed by atoms with Crippen LogP contribution in [0.5, 0.6) is 0 Å². The van der Waals surface area contributed by atoms with Crippen molar-refractivity contribution in [2.75, 3.05) is 12.0 Å². The number of allylic oxidation sites excluding steroid dienone is 2. The number of methoxy groups -OCH3 is 1. The van der Waals surface area contributed by atoms with Gasteiger partial charge in [0.2, 0.25) is 0 Å². The molecule has 1 aromatic rings. The second kappa shape index (κ2) is 5.44. The summed E-state index contributed by atoms with van der Waals surface area (Å²) in [5.41, 5.74) is 1.22. The lowest BCUT2D eigenvalue weighted by Crippen LogP contribution is -2.40. The number of hydrogen-bond acceptors (Lipinski definition) is 2. The van der Waals surface area contributed by atoms with E-state index in [9.17, 15) is 9.90 Å². The maximum absolute atomic E-state index is 11.5. The maximum atomic E-state index is 11.5. The normalized spacial score (nSPS) is 17.8. The van der Waals surface area contributed by atoms with Crippen LogP contribution in [-0.4, -0.2) is 24.4 Å². The summed E-state index contributed by atoms with van der Waals surface area (Å²) in [6.07, 6.45) is 4.30. The summed E-state index contributed by atoms with van der Waals surface area (Å²) < 4.78 is 5.19. The summed E-state index contributed by atoms with van der Waals surface area (Å²) in [6.45, 7) is 3.93. The molecule has 1 aliphatic carbocycles. The quantitative estimate of drug-likeness (QED) is 0.904. The summed E-state index contributed by atoms with van der Waals surface area (Å²) in [5.74, 6) is 0.592. The number of carboxylic acid groups (broad SMARTS) is 1. The van der Waals surface area contributed by atoms with E-state index < -0.39 is 12.1 Å². The first-order valence-corrected chi connectivity index (χ1v) is 5.84. The Morgan fingerprint density at radius 2 is 2.05 bits per heavy atom. The molecule has 2 rings (SSSR count). The van der Waals surface area contributed by atoms with E-state index >= 15 is 0 Å². The Morgan fingerprint density at radius 1 is 1.37 bits per heavy atom. The number of nitrogens with zero attached hydrogens (tertiary/aromatic N) is 1. The lowest BCUT2D eigenvalue weighted by atomic mass is 9.99. The van der Waals surface area contributed by atoms with Gasteiger partial charge < -0.3 is 9.84 Å². The van der Waals surface area contributed by atoms with Gasteiger partial charge in [0.1, 0.15) is 5.76 Å². The number of rotatable bonds is 3. The van der Waals surface area contributed by atoms with Gasteiger partial charge in [-0.05, 0) is 18.2 Å². The van der Waals surface area contributed by atoms with Crippen molar-refractivity contribution < 1.29 is 14.6 Å². The molecule has 4 heteroatoms. The van der Waals surface area contributed by atoms with Gasteiger partial charge in [-0.3, -0.25) is 4.90 Å². The van der Waals surface area contributed by atoms with Gasteiger partial charge >= 0.3 is 6.09 Å². The SMILES string of the molecule is C=C1C(OC)=CC=CC1N(C(=O)O)c1ccccc1. The first-order valence-electron chi connectivity index (χ1n) is 5.84. The van der Waals surface area contributed by atoms with E-state index in [1.165, 1.54) is 4.90 Å². The van der Waals surface area contributed by atoms with Crippen molar-refractivity contribution in [3.05, 3.63) is 66.5 Å². The number of amides is 1. The highest BCUT2D eigenvalue weighted by molar-refractivity contribution is 5.88. The predicted molar refractivity (Wildman–Crippen MR) is 74.1 cm³/mol. The van der Waals surface area contributed by atoms with Crippen LogP contribution in [0.3, 0.4) is 0 Å². The topological polar surface area (TPSA) is 49.8 Å². The molecule has 1 aliphatic rings. The van der Waals surface area contributed by atoms with E-state index in [2.05, 4.69) is 6.58 Å². The number of ether oxygens (including phenoxy) is 1. The van der Waals surface area contributed by atoms with Crippen molar-refractivity contribution in [1.82, 2.24) is 0 Å². The monoisotopic (exact) mass is 257 g/mol. The van der Waals surface area contributed by atoms with Gasteiger partial charge in [0.15, 0.2) is 0 Å². The Hall–Kier alpha value is -2.49. The highest BCUT2D eigenvalue weighted by Crippen LogP contribution is 2.27. The molecular formula is C15H15NO3. The molecule has 1 aromatic carbocycles. The van der Waals surface area contributed by atoms with Gasteiger partial charge in [-0.25, -0.2) is 4.79 Å². The number of carbonyl (C=O) groups is 1. The van der Waals surface area contributed by atoms with Gasteiger partial charge in [-0.2, -0.15) is 0 Å². The first-order chi connectivity index (χ1) is 9.15. The zero-order valence-electron chi connectivity index (χ0n) is 10.6. The lowest BCUT2D eigenvalue weighted by Gasteiger charge is -2.30. The average Bonchev–Trinajstić information content (AvgIpc) is 2.42. The number of hydrogen-bond donors (Lipinski definition) is 1. The zero-order valence-corrected chi connectivity index (χ0v) is 10.6. The summed E-state index contributed by atoms with van der Waals surface area (Å²) in [5, 5.41) is 9.45. The first kappa shape index (κ1) is 13.0. The zero-order chi connectivity index (χ0) is 13.8. The minimum Gasteiger partial charge on any atom is -0.496 e. The molecule has 0 bridgehead atoms. The molecule has 4 nitrogen and oxygen atoms in total. The molecule has 0 radical (unpaired) electrons. The van der Waals surface area contributed by atoms with E-state index in [4.69, 9.17) is 4.74 Å². The van der Waals surface area contributed by atoms with Gasteiger partial charge in [-0.1, -0.05) is 36.9 Å². The Balaban J connectivity index is 2.37. The van der Waals surface area contributed by atoms with Crippen LogP contribution in [0.25, 0.3) is 0 Å². The van der Waals surface area contributed by atoms with Crippen molar-refractivity contribution in [2.45, 2.75) is 6.04 Å². The second-order valence-corrected chi connectivity index (χ2v) is 4.08. The molecule has 1 N–H and O–H groups in total. The largest absolute Gasteiger partial charge is 0.496 e. The highest BCUT2D eigenvalue weighted by Gasteiger charge is 2.28. The minimum absolute atomic E-state index is 0.458. The third-order valence-corrected chi connectivity index (χ3v) is 2.95. The molecule has 0 aliphatic heterocycles. The Kier molecular flexibility index (Phi) is 3.71. The molecule has 19 heavy (non-hydrogen) atoms. The van der Waals surface area contributed by atoms with Gasteiger partial charge in [0.05, 0.1) is 13.2 Å². The summed E-state index contributed by atoms with van der Waals surface area (Å²) in [7, 11) is 1.54. The molecule has 0 spiro atoms. The molecular weight excluding hydrogens is 242 g/mol. The van der Waals surface area contributed by atoms with Gasteiger partial charge in [0.25, 0.3) is 0 Å². The van der Waals surface area contributed by atoms with Crippen molar-refractivity contribution in [1.29, 1.82) is 0 Å². The van der Waals surface area contributed by atoms with E-state index in [1.807, 2.05) is 6.07 Å². The van der Waals surface area contributed by atoms with Crippen molar-refractivity contribution in [3.8, 4) is 0 Å². The van der Waals surface area contributed by atoms with Crippen molar-refractivity contribution in [3.63, 3.8) is 0 Å². The van der Waals surface area contributed by atoms with Gasteiger partial charge in [0, 0.05) is 11.3 Å². The average molecular weight is 257 g/mol. The van der Waals surface area contributed by atoms with Gasteiger partial charge in [-0.15, -0.1) is 0 Å². The third kappa shape index (κ3) is 2.52. The van der Waals surface area contributed by atoms with Crippen LogP contribution >= 0.6 is 0 Å². The van der Waals surface area contributed by atoms with E-state index in [0.717, 1.165) is 0 Å². The summed E-state index contributed by atoms with van der Waals surface area (Å²) in [4.78, 5) is 12.8. The minimum atomic E-state index is -1.03. The van der Waals surface area contributed by atoms with Crippen LogP contribution in [0.15, 0.2) is 66.5 Å². The fraction of sp³-hybridized carbons (Fsp3) is 0.133. The van der Waals surface area contributed by atoms with E-state index in [-0.39, 0.29) is 0 Å². The van der Waals surface area contributed by atoms with Crippen LogP contribution in [0.2, 0.25) is 0 Å². The van der Waals surface area contributed by atoms with Crippen LogP contribution in [0.4, 0.5) is 10.5 Å². The molecule has 0 fully saturated rings. The summed E-state index contributed by atoms with van der Waals surface area (Å²) >= 11 is 0. The van der Waals surface area contributed by atoms with Crippen LogP contribution in [0.1, 0.15) is 0 Å². The Labute approximate surface area is 111 Å². The smallest absolute Gasteiger partial charge is 0.412 e. The fourth-order valence-corrected chi connectivity index (χ4v) is 2.04. The van der Waals surface area contributed by atoms with Crippen LogP contribution in [0, 0.1) is 0 Å². The Bertz CT molecular complexity index is 546. The highest BCUT2D eigenvalue weighted by atomic mass is 16.5. The molecule has 1 atom stereocenters. The predicted octanol–water partition coefficient (Wildman–Crippen LogP) is 3.20. The molecule has 0 saturated carbocycles. The van der Waals surface area contributed by atoms with Crippen molar-refractivity contribution >= 4 is 11.8 Å². The van der Waals surface area contributed by atoms with E-state index in [1.54, 1.807) is 49.6 Å². The number of para-hydroxylation sites is 1. The molecule has 98 valence electrons. The molecule has 0 saturated heterocycles. The number of benzene rings is 1. The Morgan fingerprint density at radius 3 is 2.63 bits per heavy atom.